The van der Waals surface area contributed by atoms with Gasteiger partial charge < -0.3 is 24.3 Å². The van der Waals surface area contributed by atoms with Crippen LogP contribution in [0.15, 0.2) is 66.7 Å². The number of fused-ring (bicyclic) bond motifs is 1. The number of aromatic nitrogens is 2. The number of piperidine rings is 1. The quantitative estimate of drug-likeness (QED) is 0.258. The van der Waals surface area contributed by atoms with Crippen molar-refractivity contribution in [2.75, 3.05) is 45.8 Å². The highest BCUT2D eigenvalue weighted by Gasteiger charge is 2.22. The Labute approximate surface area is 241 Å². The van der Waals surface area contributed by atoms with Crippen molar-refractivity contribution in [3.63, 3.8) is 0 Å². The number of ether oxygens (including phenoxy) is 4. The highest BCUT2D eigenvalue weighted by Crippen LogP contribution is 2.34. The number of nitrogens with one attached hydrogen (secondary N) is 1. The molecule has 0 bridgehead atoms. The van der Waals surface area contributed by atoms with Crippen molar-refractivity contribution in [1.82, 2.24) is 15.1 Å². The molecule has 6 rings (SSSR count). The molecular weight excluding hydrogens is 516 g/mol. The van der Waals surface area contributed by atoms with Crippen molar-refractivity contribution in [1.29, 1.82) is 0 Å². The lowest BCUT2D eigenvalue weighted by Gasteiger charge is -2.32. The fourth-order valence-corrected chi connectivity index (χ4v) is 5.67. The largest absolute Gasteiger partial charge is 0.497 e. The second kappa shape index (κ2) is 12.7. The van der Waals surface area contributed by atoms with E-state index in [2.05, 4.69) is 50.7 Å². The minimum absolute atomic E-state index is 0.238. The molecule has 0 saturated carbocycles. The van der Waals surface area contributed by atoms with E-state index in [1.54, 1.807) is 14.2 Å². The number of likely N-dealkylation sites (tertiary alicyclic amines) is 1. The molecule has 2 saturated heterocycles. The number of nitrogens with zero attached hydrogens (tertiary/aromatic N) is 3. The van der Waals surface area contributed by atoms with Gasteiger partial charge in [0, 0.05) is 48.6 Å². The van der Waals surface area contributed by atoms with Gasteiger partial charge in [-0.3, -0.25) is 4.90 Å². The van der Waals surface area contributed by atoms with Crippen molar-refractivity contribution in [3.05, 3.63) is 72.3 Å². The van der Waals surface area contributed by atoms with Crippen LogP contribution in [0.4, 0.5) is 5.82 Å². The molecule has 0 spiro atoms. The molecule has 1 N–H and O–H groups in total. The van der Waals surface area contributed by atoms with Gasteiger partial charge in [-0.25, -0.2) is 0 Å². The molecule has 0 amide bonds. The third-order valence-corrected chi connectivity index (χ3v) is 8.07. The third kappa shape index (κ3) is 6.55. The van der Waals surface area contributed by atoms with Crippen LogP contribution in [0.25, 0.3) is 22.0 Å². The van der Waals surface area contributed by atoms with E-state index < -0.39 is 0 Å². The van der Waals surface area contributed by atoms with Crippen LogP contribution in [0.2, 0.25) is 0 Å². The number of benzene rings is 3. The molecule has 3 aromatic carbocycles. The van der Waals surface area contributed by atoms with Gasteiger partial charge in [-0.2, -0.15) is 0 Å². The minimum atomic E-state index is 0.238. The summed E-state index contributed by atoms with van der Waals surface area (Å²) in [4.78, 5) is 2.51. The predicted molar refractivity (Wildman–Crippen MR) is 161 cm³/mol. The Morgan fingerprint density at radius 2 is 1.56 bits per heavy atom. The number of hydrogen-bond acceptors (Lipinski definition) is 8. The first-order valence-electron chi connectivity index (χ1n) is 14.5. The van der Waals surface area contributed by atoms with Crippen molar-refractivity contribution in [2.45, 2.75) is 44.4 Å². The molecule has 0 radical (unpaired) electrons. The molecule has 1 atom stereocenters. The second-order valence-corrected chi connectivity index (χ2v) is 10.8. The van der Waals surface area contributed by atoms with Gasteiger partial charge in [0.2, 0.25) is 0 Å². The maximum absolute atomic E-state index is 5.92. The van der Waals surface area contributed by atoms with E-state index >= 15 is 0 Å². The maximum atomic E-state index is 5.92. The zero-order valence-corrected chi connectivity index (χ0v) is 23.8. The normalized spacial score (nSPS) is 18.0. The first-order valence-corrected chi connectivity index (χ1v) is 14.5. The number of methoxy groups -OCH3 is 2. The molecule has 1 unspecified atom stereocenters. The summed E-state index contributed by atoms with van der Waals surface area (Å²) in [5.41, 5.74) is 3.14. The van der Waals surface area contributed by atoms with E-state index in [1.165, 1.54) is 5.56 Å². The minimum Gasteiger partial charge on any atom is -0.497 e. The summed E-state index contributed by atoms with van der Waals surface area (Å²) in [6.45, 7) is 4.47. The van der Waals surface area contributed by atoms with Gasteiger partial charge in [-0.05, 0) is 85.8 Å². The van der Waals surface area contributed by atoms with E-state index in [-0.39, 0.29) is 6.10 Å². The lowest BCUT2D eigenvalue weighted by Crippen LogP contribution is -2.38. The second-order valence-electron chi connectivity index (χ2n) is 10.8. The molecule has 8 heteroatoms. The van der Waals surface area contributed by atoms with Crippen LogP contribution < -0.4 is 19.5 Å². The van der Waals surface area contributed by atoms with E-state index in [4.69, 9.17) is 18.9 Å². The number of hydrogen-bond donors (Lipinski definition) is 1. The van der Waals surface area contributed by atoms with E-state index in [0.29, 0.717) is 12.6 Å². The van der Waals surface area contributed by atoms with Crippen LogP contribution in [-0.2, 0) is 11.3 Å². The van der Waals surface area contributed by atoms with Crippen molar-refractivity contribution < 1.29 is 18.9 Å². The van der Waals surface area contributed by atoms with Crippen molar-refractivity contribution >= 4 is 16.6 Å². The summed E-state index contributed by atoms with van der Waals surface area (Å²) in [7, 11) is 3.36. The Kier molecular flexibility index (Phi) is 8.49. The molecule has 2 fully saturated rings. The van der Waals surface area contributed by atoms with E-state index in [0.717, 1.165) is 97.0 Å². The van der Waals surface area contributed by atoms with Gasteiger partial charge in [0.05, 0.1) is 20.3 Å². The average molecular weight is 555 g/mol. The molecule has 8 nitrogen and oxygen atoms in total. The molecule has 2 aliphatic heterocycles. The maximum Gasteiger partial charge on any atom is 0.156 e. The van der Waals surface area contributed by atoms with Crippen molar-refractivity contribution in [2.24, 2.45) is 0 Å². The lowest BCUT2D eigenvalue weighted by atomic mass is 10.0. The first kappa shape index (κ1) is 27.3. The lowest BCUT2D eigenvalue weighted by molar-refractivity contribution is 0.0679. The van der Waals surface area contributed by atoms with Gasteiger partial charge in [0.25, 0.3) is 0 Å². The molecule has 0 aliphatic carbocycles. The Bertz CT molecular complexity index is 1430. The average Bonchev–Trinajstić information content (AvgIpc) is 3.55. The van der Waals surface area contributed by atoms with Gasteiger partial charge in [-0.15, -0.1) is 10.2 Å². The monoisotopic (exact) mass is 554 g/mol. The fraction of sp³-hybridized carbons (Fsp3) is 0.394. The molecular formula is C33H38N4O4. The van der Waals surface area contributed by atoms with Gasteiger partial charge >= 0.3 is 0 Å². The van der Waals surface area contributed by atoms with Crippen LogP contribution in [0.3, 0.4) is 0 Å². The van der Waals surface area contributed by atoms with Crippen LogP contribution in [-0.4, -0.2) is 67.8 Å². The Morgan fingerprint density at radius 1 is 0.829 bits per heavy atom. The van der Waals surface area contributed by atoms with Gasteiger partial charge in [-0.1, -0.05) is 12.1 Å². The predicted octanol–water partition coefficient (Wildman–Crippen LogP) is 5.95. The Hall–Kier alpha value is -3.88. The number of rotatable bonds is 10. The van der Waals surface area contributed by atoms with Crippen LogP contribution in [0, 0.1) is 0 Å². The highest BCUT2D eigenvalue weighted by atomic mass is 16.5. The molecule has 214 valence electrons. The first-order chi connectivity index (χ1) is 20.2. The topological polar surface area (TPSA) is 78.0 Å². The summed E-state index contributed by atoms with van der Waals surface area (Å²) >= 11 is 0. The summed E-state index contributed by atoms with van der Waals surface area (Å²) in [5.74, 6) is 3.32. The standard InChI is InChI=1S/C33H38N4O4/c1-38-26-11-7-24(8-12-26)32-30-14-13-28(39-2)20-31(30)33(36-35-32)34-25-15-17-37(18-16-25)21-23-5-9-27(10-6-23)41-22-29-4-3-19-40-29/h5-14,20,25,29H,3-4,15-19,21-22H2,1-2H3,(H,34,36). The summed E-state index contributed by atoms with van der Waals surface area (Å²) in [6.07, 6.45) is 4.54. The SMILES string of the molecule is COc1ccc(-c2nnc(NC3CCN(Cc4ccc(OCC5CCCO5)cc4)CC3)c3cc(OC)ccc23)cc1. The molecule has 2 aliphatic rings. The van der Waals surface area contributed by atoms with E-state index in [1.807, 2.05) is 36.4 Å². The fourth-order valence-electron chi connectivity index (χ4n) is 5.67. The van der Waals surface area contributed by atoms with Crippen molar-refractivity contribution in [3.8, 4) is 28.5 Å². The van der Waals surface area contributed by atoms with E-state index in [9.17, 15) is 0 Å². The number of anilines is 1. The van der Waals surface area contributed by atoms with Crippen LogP contribution in [0.5, 0.6) is 17.2 Å². The van der Waals surface area contributed by atoms with Gasteiger partial charge in [0.15, 0.2) is 5.82 Å². The summed E-state index contributed by atoms with van der Waals surface area (Å²) in [5, 5.41) is 15.0. The van der Waals surface area contributed by atoms with Crippen LogP contribution in [0.1, 0.15) is 31.2 Å². The third-order valence-electron chi connectivity index (χ3n) is 8.07. The molecule has 1 aromatic heterocycles. The zero-order valence-electron chi connectivity index (χ0n) is 23.8. The Morgan fingerprint density at radius 3 is 2.27 bits per heavy atom. The van der Waals surface area contributed by atoms with Gasteiger partial charge in [0.1, 0.15) is 29.5 Å². The Balaban J connectivity index is 1.08. The summed E-state index contributed by atoms with van der Waals surface area (Å²) < 4.78 is 22.4. The summed E-state index contributed by atoms with van der Waals surface area (Å²) in [6, 6.07) is 22.8. The molecule has 4 aromatic rings. The molecule has 41 heavy (non-hydrogen) atoms. The van der Waals surface area contributed by atoms with Crippen LogP contribution >= 0.6 is 0 Å². The smallest absolute Gasteiger partial charge is 0.156 e. The highest BCUT2D eigenvalue weighted by molar-refractivity contribution is 6.00. The zero-order chi connectivity index (χ0) is 28.0. The molecule has 3 heterocycles.